The summed E-state index contributed by atoms with van der Waals surface area (Å²) in [7, 11) is -4.05. The summed E-state index contributed by atoms with van der Waals surface area (Å²) in [5.74, 6) is -1.64. The number of benzene rings is 2. The molecule has 0 bridgehead atoms. The molecule has 0 aliphatic heterocycles. The summed E-state index contributed by atoms with van der Waals surface area (Å²) in [6, 6.07) is 7.15. The number of amides is 2. The van der Waals surface area contributed by atoms with Crippen molar-refractivity contribution in [3.05, 3.63) is 68.3 Å². The van der Waals surface area contributed by atoms with Gasteiger partial charge in [-0.05, 0) is 24.3 Å². The summed E-state index contributed by atoms with van der Waals surface area (Å²) in [5, 5.41) is 24.1. The Morgan fingerprint density at radius 3 is 1.86 bits per heavy atom. The van der Waals surface area contributed by atoms with Crippen LogP contribution in [0, 0.1) is 20.2 Å². The Hall–Kier alpha value is -3.87. The summed E-state index contributed by atoms with van der Waals surface area (Å²) in [6.07, 6.45) is 0. The van der Waals surface area contributed by atoms with Gasteiger partial charge in [-0.1, -0.05) is 0 Å². The summed E-state index contributed by atoms with van der Waals surface area (Å²) in [4.78, 5) is 43.0. The fourth-order valence-corrected chi connectivity index (χ4v) is 3.10. The minimum Gasteiger partial charge on any atom is -0.322 e. The fraction of sp³-hybridized carbons (Fsp3) is 0.0667. The van der Waals surface area contributed by atoms with Gasteiger partial charge in [0.15, 0.2) is 0 Å². The lowest BCUT2D eigenvalue weighted by Crippen LogP contribution is -2.28. The van der Waals surface area contributed by atoms with Gasteiger partial charge in [-0.15, -0.1) is 0 Å². The molecule has 2 aromatic rings. The van der Waals surface area contributed by atoms with Crippen LogP contribution in [0.15, 0.2) is 47.4 Å². The zero-order chi connectivity index (χ0) is 21.1. The molecule has 0 fully saturated rings. The molecule has 0 atom stereocenters. The molecule has 146 valence electrons. The summed E-state index contributed by atoms with van der Waals surface area (Å²) in [6.45, 7) is 1.03. The van der Waals surface area contributed by atoms with Crippen molar-refractivity contribution in [1.29, 1.82) is 0 Å². The first-order valence-electron chi connectivity index (χ1n) is 7.38. The first-order valence-corrected chi connectivity index (χ1v) is 8.86. The molecule has 2 N–H and O–H groups in total. The molecular formula is C15H12N4O8S. The lowest BCUT2D eigenvalue weighted by molar-refractivity contribution is -0.394. The second kappa shape index (κ2) is 7.79. The molecule has 0 aliphatic carbocycles. The van der Waals surface area contributed by atoms with Crippen LogP contribution in [-0.4, -0.2) is 30.1 Å². The minimum atomic E-state index is -4.05. The quantitative estimate of drug-likeness (QED) is 0.534. The van der Waals surface area contributed by atoms with Crippen LogP contribution in [0.4, 0.5) is 17.1 Å². The molecule has 12 nitrogen and oxygen atoms in total. The molecule has 2 aromatic carbocycles. The standard InChI is InChI=1S/C15H12N4O8S/c1-9(20)17-28(26,27)14-4-2-11(3-5-14)16-15(21)10-6-12(18(22)23)8-13(7-10)19(24)25/h2-8H,1H3,(H,16,21)(H,17,20). The maximum absolute atomic E-state index is 12.3. The molecule has 0 radical (unpaired) electrons. The van der Waals surface area contributed by atoms with Crippen LogP contribution in [-0.2, 0) is 14.8 Å². The average molecular weight is 408 g/mol. The smallest absolute Gasteiger partial charge is 0.277 e. The number of hydrogen-bond acceptors (Lipinski definition) is 8. The van der Waals surface area contributed by atoms with Crippen LogP contribution < -0.4 is 10.0 Å². The number of nitro benzene ring substituents is 2. The van der Waals surface area contributed by atoms with Crippen molar-refractivity contribution < 1.29 is 27.9 Å². The van der Waals surface area contributed by atoms with Crippen molar-refractivity contribution in [2.24, 2.45) is 0 Å². The van der Waals surface area contributed by atoms with E-state index < -0.39 is 43.1 Å². The second-order valence-corrected chi connectivity index (χ2v) is 7.07. The predicted molar refractivity (Wildman–Crippen MR) is 95.1 cm³/mol. The number of carbonyl (C=O) groups is 2. The maximum atomic E-state index is 12.3. The number of nitro groups is 2. The molecule has 0 saturated heterocycles. The van der Waals surface area contributed by atoms with Gasteiger partial charge in [0.05, 0.1) is 26.4 Å². The molecule has 0 aromatic heterocycles. The van der Waals surface area contributed by atoms with Gasteiger partial charge in [0.2, 0.25) is 5.91 Å². The second-order valence-electron chi connectivity index (χ2n) is 5.39. The highest BCUT2D eigenvalue weighted by Crippen LogP contribution is 2.23. The van der Waals surface area contributed by atoms with Crippen molar-refractivity contribution in [1.82, 2.24) is 4.72 Å². The van der Waals surface area contributed by atoms with Crippen LogP contribution in [0.3, 0.4) is 0 Å². The molecule has 2 rings (SSSR count). The highest BCUT2D eigenvalue weighted by molar-refractivity contribution is 7.90. The number of non-ortho nitro benzene ring substituents is 2. The third kappa shape index (κ3) is 4.85. The van der Waals surface area contributed by atoms with E-state index in [1.54, 1.807) is 4.72 Å². The van der Waals surface area contributed by atoms with Gasteiger partial charge < -0.3 is 5.32 Å². The van der Waals surface area contributed by atoms with Crippen LogP contribution in [0.1, 0.15) is 17.3 Å². The van der Waals surface area contributed by atoms with Crippen molar-refractivity contribution in [3.8, 4) is 0 Å². The number of carbonyl (C=O) groups excluding carboxylic acids is 2. The fourth-order valence-electron chi connectivity index (χ4n) is 2.11. The van der Waals surface area contributed by atoms with Gasteiger partial charge >= 0.3 is 0 Å². The van der Waals surface area contributed by atoms with E-state index in [9.17, 15) is 38.2 Å². The van der Waals surface area contributed by atoms with E-state index in [-0.39, 0.29) is 16.1 Å². The number of sulfonamides is 1. The van der Waals surface area contributed by atoms with Crippen LogP contribution in [0.25, 0.3) is 0 Å². The van der Waals surface area contributed by atoms with Crippen molar-refractivity contribution in [3.63, 3.8) is 0 Å². The van der Waals surface area contributed by atoms with Crippen LogP contribution in [0.5, 0.6) is 0 Å². The largest absolute Gasteiger partial charge is 0.322 e. The minimum absolute atomic E-state index is 0.126. The van der Waals surface area contributed by atoms with Gasteiger partial charge in [-0.3, -0.25) is 29.8 Å². The Morgan fingerprint density at radius 2 is 1.43 bits per heavy atom. The molecule has 0 saturated carbocycles. The first-order chi connectivity index (χ1) is 13.0. The SMILES string of the molecule is CC(=O)NS(=O)(=O)c1ccc(NC(=O)c2cc([N+](=O)[O-])cc([N+](=O)[O-])c2)cc1. The highest BCUT2D eigenvalue weighted by atomic mass is 32.2. The molecular weight excluding hydrogens is 396 g/mol. The Balaban J connectivity index is 2.27. The lowest BCUT2D eigenvalue weighted by Gasteiger charge is -2.08. The van der Waals surface area contributed by atoms with E-state index in [0.717, 1.165) is 37.3 Å². The summed E-state index contributed by atoms with van der Waals surface area (Å²) < 4.78 is 25.5. The number of hydrogen-bond donors (Lipinski definition) is 2. The third-order valence-corrected chi connectivity index (χ3v) is 4.74. The molecule has 0 aliphatic rings. The van der Waals surface area contributed by atoms with Crippen LogP contribution in [0.2, 0.25) is 0 Å². The monoisotopic (exact) mass is 408 g/mol. The highest BCUT2D eigenvalue weighted by Gasteiger charge is 2.20. The van der Waals surface area contributed by atoms with Crippen molar-refractivity contribution in [2.45, 2.75) is 11.8 Å². The maximum Gasteiger partial charge on any atom is 0.277 e. The zero-order valence-electron chi connectivity index (χ0n) is 14.1. The Morgan fingerprint density at radius 1 is 0.929 bits per heavy atom. The van der Waals surface area contributed by atoms with Crippen molar-refractivity contribution in [2.75, 3.05) is 5.32 Å². The van der Waals surface area contributed by atoms with E-state index >= 15 is 0 Å². The number of rotatable bonds is 6. The van der Waals surface area contributed by atoms with Gasteiger partial charge in [0.1, 0.15) is 0 Å². The average Bonchev–Trinajstić information content (AvgIpc) is 2.60. The van der Waals surface area contributed by atoms with Crippen molar-refractivity contribution >= 4 is 38.9 Å². The Labute approximate surface area is 157 Å². The van der Waals surface area contributed by atoms with Crippen LogP contribution >= 0.6 is 0 Å². The van der Waals surface area contributed by atoms with Gasteiger partial charge in [0.25, 0.3) is 27.3 Å². The van der Waals surface area contributed by atoms with Gasteiger partial charge in [-0.25, -0.2) is 13.1 Å². The van der Waals surface area contributed by atoms with E-state index in [1.165, 1.54) is 12.1 Å². The topological polar surface area (TPSA) is 179 Å². The predicted octanol–water partition coefficient (Wildman–Crippen LogP) is 1.58. The zero-order valence-corrected chi connectivity index (χ0v) is 14.9. The van der Waals surface area contributed by atoms with E-state index in [0.29, 0.717) is 0 Å². The number of nitrogens with zero attached hydrogens (tertiary/aromatic N) is 2. The van der Waals surface area contributed by atoms with E-state index in [2.05, 4.69) is 5.32 Å². The molecule has 13 heteroatoms. The summed E-state index contributed by atoms with van der Waals surface area (Å²) in [5.41, 5.74) is -1.45. The first kappa shape index (κ1) is 20.4. The normalized spacial score (nSPS) is 10.8. The molecule has 2 amide bonds. The summed E-state index contributed by atoms with van der Waals surface area (Å²) >= 11 is 0. The number of nitrogens with one attached hydrogen (secondary N) is 2. The Kier molecular flexibility index (Phi) is 5.69. The van der Waals surface area contributed by atoms with E-state index in [1.807, 2.05) is 0 Å². The van der Waals surface area contributed by atoms with Gasteiger partial charge in [0, 0.05) is 24.7 Å². The molecule has 0 spiro atoms. The Bertz CT molecular complexity index is 1050. The third-order valence-electron chi connectivity index (χ3n) is 3.29. The number of anilines is 1. The molecule has 0 unspecified atom stereocenters. The molecule has 0 heterocycles. The lowest BCUT2D eigenvalue weighted by atomic mass is 10.1. The molecule has 28 heavy (non-hydrogen) atoms. The van der Waals surface area contributed by atoms with Gasteiger partial charge in [-0.2, -0.15) is 0 Å². The van der Waals surface area contributed by atoms with E-state index in [4.69, 9.17) is 0 Å².